The summed E-state index contributed by atoms with van der Waals surface area (Å²) in [5, 5.41) is 10.8. The smallest absolute Gasteiger partial charge is 0.248 e. The van der Waals surface area contributed by atoms with Crippen LogP contribution in [0.15, 0.2) is 18.5 Å². The van der Waals surface area contributed by atoms with Crippen molar-refractivity contribution >= 4 is 5.91 Å². The van der Waals surface area contributed by atoms with Crippen LogP contribution >= 0.6 is 0 Å². The normalized spacial score (nSPS) is 17.9. The summed E-state index contributed by atoms with van der Waals surface area (Å²) in [6.07, 6.45) is 5.20. The van der Waals surface area contributed by atoms with Crippen LogP contribution in [-0.2, 0) is 10.3 Å². The maximum atomic E-state index is 12.8. The van der Waals surface area contributed by atoms with Crippen molar-refractivity contribution in [2.45, 2.75) is 45.2 Å². The van der Waals surface area contributed by atoms with Crippen LogP contribution in [0.2, 0.25) is 0 Å². The minimum Gasteiger partial charge on any atom is -0.353 e. The van der Waals surface area contributed by atoms with Gasteiger partial charge in [-0.1, -0.05) is 6.92 Å². The molecular formula is C16H29N5O. The Kier molecular flexibility index (Phi) is 5.97. The first-order valence-corrected chi connectivity index (χ1v) is 8.33. The van der Waals surface area contributed by atoms with Crippen molar-refractivity contribution in [3.8, 4) is 0 Å². The van der Waals surface area contributed by atoms with E-state index in [-0.39, 0.29) is 5.91 Å². The Bertz CT molecular complexity index is 451. The van der Waals surface area contributed by atoms with Gasteiger partial charge < -0.3 is 10.6 Å². The Morgan fingerprint density at radius 2 is 2.18 bits per heavy atom. The number of carbonyl (C=O) groups is 1. The molecule has 1 saturated heterocycles. The third-order valence-electron chi connectivity index (χ3n) is 4.62. The van der Waals surface area contributed by atoms with Gasteiger partial charge in [0.25, 0.3) is 0 Å². The molecule has 6 heteroatoms. The zero-order chi connectivity index (χ0) is 16.0. The minimum atomic E-state index is -0.538. The molecule has 0 radical (unpaired) electrons. The molecular weight excluding hydrogens is 278 g/mol. The highest BCUT2D eigenvalue weighted by Gasteiger charge is 2.41. The van der Waals surface area contributed by atoms with Crippen LogP contribution in [0.25, 0.3) is 0 Å². The third-order valence-corrected chi connectivity index (χ3v) is 4.62. The zero-order valence-electron chi connectivity index (χ0n) is 14.0. The number of hydrogen-bond donors (Lipinski definition) is 2. The van der Waals surface area contributed by atoms with Crippen molar-refractivity contribution in [2.75, 3.05) is 32.7 Å². The number of rotatable bonds is 7. The van der Waals surface area contributed by atoms with Gasteiger partial charge in [0.2, 0.25) is 5.91 Å². The SMILES string of the molecule is CCN(CCNC(=O)C1(n2cccn2)CCNCC1)C(C)C. The number of hydrogen-bond acceptors (Lipinski definition) is 4. The van der Waals surface area contributed by atoms with E-state index < -0.39 is 5.54 Å². The van der Waals surface area contributed by atoms with Crippen molar-refractivity contribution in [3.05, 3.63) is 18.5 Å². The van der Waals surface area contributed by atoms with Gasteiger partial charge in [0, 0.05) is 31.5 Å². The van der Waals surface area contributed by atoms with Gasteiger partial charge in [-0.2, -0.15) is 5.10 Å². The summed E-state index contributed by atoms with van der Waals surface area (Å²) >= 11 is 0. The van der Waals surface area contributed by atoms with Gasteiger partial charge in [-0.05, 0) is 52.4 Å². The fourth-order valence-electron chi connectivity index (χ4n) is 3.18. The van der Waals surface area contributed by atoms with E-state index in [4.69, 9.17) is 0 Å². The van der Waals surface area contributed by atoms with Crippen molar-refractivity contribution in [1.82, 2.24) is 25.3 Å². The van der Waals surface area contributed by atoms with E-state index in [1.165, 1.54) is 0 Å². The third kappa shape index (κ3) is 3.67. The molecule has 1 aromatic rings. The van der Waals surface area contributed by atoms with Crippen molar-refractivity contribution in [2.24, 2.45) is 0 Å². The number of amides is 1. The molecule has 124 valence electrons. The van der Waals surface area contributed by atoms with Gasteiger partial charge in [-0.3, -0.25) is 14.4 Å². The predicted molar refractivity (Wildman–Crippen MR) is 87.7 cm³/mol. The number of nitrogens with one attached hydrogen (secondary N) is 2. The molecule has 2 heterocycles. The van der Waals surface area contributed by atoms with Crippen LogP contribution in [0.5, 0.6) is 0 Å². The molecule has 0 spiro atoms. The summed E-state index contributed by atoms with van der Waals surface area (Å²) in [6.45, 7) is 10.8. The first-order valence-electron chi connectivity index (χ1n) is 8.33. The van der Waals surface area contributed by atoms with Crippen LogP contribution in [0, 0.1) is 0 Å². The molecule has 0 bridgehead atoms. The molecule has 0 aromatic carbocycles. The summed E-state index contributed by atoms with van der Waals surface area (Å²) in [7, 11) is 0. The fourth-order valence-corrected chi connectivity index (χ4v) is 3.18. The second kappa shape index (κ2) is 7.74. The average molecular weight is 307 g/mol. The highest BCUT2D eigenvalue weighted by Crippen LogP contribution is 2.27. The maximum absolute atomic E-state index is 12.8. The molecule has 0 atom stereocenters. The van der Waals surface area contributed by atoms with E-state index >= 15 is 0 Å². The lowest BCUT2D eigenvalue weighted by atomic mass is 9.87. The lowest BCUT2D eigenvalue weighted by molar-refractivity contribution is -0.132. The number of carbonyl (C=O) groups excluding carboxylic acids is 1. The average Bonchev–Trinajstić information content (AvgIpc) is 3.06. The summed E-state index contributed by atoms with van der Waals surface area (Å²) in [5.41, 5.74) is -0.538. The van der Waals surface area contributed by atoms with E-state index in [0.717, 1.165) is 39.0 Å². The van der Waals surface area contributed by atoms with Gasteiger partial charge in [0.05, 0.1) is 0 Å². The predicted octanol–water partition coefficient (Wildman–Crippen LogP) is 0.808. The van der Waals surface area contributed by atoms with Crippen molar-refractivity contribution < 1.29 is 4.79 Å². The first kappa shape index (κ1) is 17.0. The molecule has 0 aliphatic carbocycles. The van der Waals surface area contributed by atoms with Gasteiger partial charge in [-0.15, -0.1) is 0 Å². The van der Waals surface area contributed by atoms with E-state index in [1.807, 2.05) is 16.9 Å². The molecule has 22 heavy (non-hydrogen) atoms. The number of likely N-dealkylation sites (N-methyl/N-ethyl adjacent to an activating group) is 1. The van der Waals surface area contributed by atoms with Crippen LogP contribution < -0.4 is 10.6 Å². The number of piperidine rings is 1. The monoisotopic (exact) mass is 307 g/mol. The minimum absolute atomic E-state index is 0.0949. The quantitative estimate of drug-likeness (QED) is 0.782. The Morgan fingerprint density at radius 3 is 2.73 bits per heavy atom. The molecule has 1 aromatic heterocycles. The highest BCUT2D eigenvalue weighted by molar-refractivity contribution is 5.84. The fraction of sp³-hybridized carbons (Fsp3) is 0.750. The van der Waals surface area contributed by atoms with Crippen molar-refractivity contribution in [1.29, 1.82) is 0 Å². The van der Waals surface area contributed by atoms with Gasteiger partial charge >= 0.3 is 0 Å². The van der Waals surface area contributed by atoms with E-state index in [0.29, 0.717) is 12.6 Å². The first-order chi connectivity index (χ1) is 10.6. The molecule has 1 aliphatic heterocycles. The van der Waals surface area contributed by atoms with Crippen LogP contribution in [-0.4, -0.2) is 59.4 Å². The standard InChI is InChI=1S/C16H29N5O/c1-4-20(14(2)3)13-11-18-15(22)16(6-9-17-10-7-16)21-12-5-8-19-21/h5,8,12,14,17H,4,6-7,9-11,13H2,1-3H3,(H,18,22). The Balaban J connectivity index is 1.98. The lowest BCUT2D eigenvalue weighted by Crippen LogP contribution is -2.55. The van der Waals surface area contributed by atoms with Crippen LogP contribution in [0.3, 0.4) is 0 Å². The Hall–Kier alpha value is -1.40. The number of aromatic nitrogens is 2. The van der Waals surface area contributed by atoms with Gasteiger partial charge in [-0.25, -0.2) is 0 Å². The van der Waals surface area contributed by atoms with Gasteiger partial charge in [0.15, 0.2) is 0 Å². The molecule has 0 unspecified atom stereocenters. The zero-order valence-corrected chi connectivity index (χ0v) is 14.0. The lowest BCUT2D eigenvalue weighted by Gasteiger charge is -2.36. The van der Waals surface area contributed by atoms with Crippen molar-refractivity contribution in [3.63, 3.8) is 0 Å². The molecule has 0 saturated carbocycles. The molecule has 6 nitrogen and oxygen atoms in total. The highest BCUT2D eigenvalue weighted by atomic mass is 16.2. The summed E-state index contributed by atoms with van der Waals surface area (Å²) in [4.78, 5) is 15.2. The molecule has 2 N–H and O–H groups in total. The molecule has 1 amide bonds. The Labute approximate surface area is 133 Å². The molecule has 1 aliphatic rings. The summed E-state index contributed by atoms with van der Waals surface area (Å²) in [6, 6.07) is 2.38. The maximum Gasteiger partial charge on any atom is 0.248 e. The molecule has 2 rings (SSSR count). The van der Waals surface area contributed by atoms with Gasteiger partial charge in [0.1, 0.15) is 5.54 Å². The largest absolute Gasteiger partial charge is 0.353 e. The topological polar surface area (TPSA) is 62.2 Å². The number of nitrogens with zero attached hydrogens (tertiary/aromatic N) is 3. The summed E-state index contributed by atoms with van der Waals surface area (Å²) < 4.78 is 1.84. The second-order valence-corrected chi connectivity index (χ2v) is 6.21. The second-order valence-electron chi connectivity index (χ2n) is 6.21. The van der Waals surface area contributed by atoms with E-state index in [2.05, 4.69) is 41.4 Å². The Morgan fingerprint density at radius 1 is 1.45 bits per heavy atom. The molecule has 1 fully saturated rings. The van der Waals surface area contributed by atoms with Crippen LogP contribution in [0.4, 0.5) is 0 Å². The van der Waals surface area contributed by atoms with E-state index in [1.54, 1.807) is 6.20 Å². The summed E-state index contributed by atoms with van der Waals surface area (Å²) in [5.74, 6) is 0.0949. The van der Waals surface area contributed by atoms with E-state index in [9.17, 15) is 4.79 Å². The van der Waals surface area contributed by atoms with Crippen LogP contribution in [0.1, 0.15) is 33.6 Å².